The van der Waals surface area contributed by atoms with E-state index in [0.717, 1.165) is 37.9 Å². The summed E-state index contributed by atoms with van der Waals surface area (Å²) in [5.74, 6) is 2.49. The van der Waals surface area contributed by atoms with Crippen LogP contribution in [-0.4, -0.2) is 46.3 Å². The second-order valence-electron chi connectivity index (χ2n) is 6.74. The number of guanidine groups is 1. The van der Waals surface area contributed by atoms with Gasteiger partial charge in [0.15, 0.2) is 5.96 Å². The molecule has 0 aromatic heterocycles. The molecular weight excluding hydrogens is 312 g/mol. The molecule has 0 spiro atoms. The third-order valence-electron chi connectivity index (χ3n) is 4.81. The zero-order valence-electron chi connectivity index (χ0n) is 16.1. The first kappa shape index (κ1) is 19.4. The number of anilines is 1. The molecule has 1 heterocycles. The summed E-state index contributed by atoms with van der Waals surface area (Å²) in [5.41, 5.74) is 1.25. The highest BCUT2D eigenvalue weighted by molar-refractivity contribution is 5.79. The van der Waals surface area contributed by atoms with Crippen LogP contribution in [0, 0.1) is 5.92 Å². The second kappa shape index (κ2) is 10.9. The van der Waals surface area contributed by atoms with Gasteiger partial charge in [0.2, 0.25) is 0 Å². The highest BCUT2D eigenvalue weighted by atomic mass is 16.5. The molecule has 5 heteroatoms. The molecule has 25 heavy (non-hydrogen) atoms. The Labute approximate surface area is 152 Å². The Bertz CT molecular complexity index is 532. The van der Waals surface area contributed by atoms with Gasteiger partial charge in [-0.25, -0.2) is 0 Å². The quantitative estimate of drug-likeness (QED) is 0.409. The fourth-order valence-electron chi connectivity index (χ4n) is 3.26. The Morgan fingerprint density at radius 1 is 1.28 bits per heavy atom. The summed E-state index contributed by atoms with van der Waals surface area (Å²) in [6.45, 7) is 6.38. The van der Waals surface area contributed by atoms with Crippen molar-refractivity contribution in [3.8, 4) is 5.75 Å². The van der Waals surface area contributed by atoms with E-state index >= 15 is 0 Å². The summed E-state index contributed by atoms with van der Waals surface area (Å²) in [6, 6.07) is 8.33. The SMILES string of the molecule is CCCCCCNC(=NC)NCC1CCN(c2cccc(OC)c2)C1. The molecule has 5 nitrogen and oxygen atoms in total. The van der Waals surface area contributed by atoms with Crippen LogP contribution < -0.4 is 20.3 Å². The van der Waals surface area contributed by atoms with Gasteiger partial charge >= 0.3 is 0 Å². The number of hydrogen-bond donors (Lipinski definition) is 2. The van der Waals surface area contributed by atoms with E-state index in [1.54, 1.807) is 7.11 Å². The van der Waals surface area contributed by atoms with Crippen molar-refractivity contribution >= 4 is 11.6 Å². The van der Waals surface area contributed by atoms with Crippen LogP contribution in [-0.2, 0) is 0 Å². The van der Waals surface area contributed by atoms with Crippen LogP contribution >= 0.6 is 0 Å². The second-order valence-corrected chi connectivity index (χ2v) is 6.74. The number of unbranched alkanes of at least 4 members (excludes halogenated alkanes) is 3. The van der Waals surface area contributed by atoms with Crippen molar-refractivity contribution in [3.05, 3.63) is 24.3 Å². The lowest BCUT2D eigenvalue weighted by atomic mass is 10.1. The van der Waals surface area contributed by atoms with Crippen molar-refractivity contribution in [2.75, 3.05) is 45.2 Å². The molecule has 1 fully saturated rings. The van der Waals surface area contributed by atoms with Crippen molar-refractivity contribution in [1.29, 1.82) is 0 Å². The summed E-state index contributed by atoms with van der Waals surface area (Å²) < 4.78 is 5.33. The maximum absolute atomic E-state index is 5.33. The third kappa shape index (κ3) is 6.48. The summed E-state index contributed by atoms with van der Waals surface area (Å²) >= 11 is 0. The van der Waals surface area contributed by atoms with E-state index in [-0.39, 0.29) is 0 Å². The molecule has 1 aromatic carbocycles. The van der Waals surface area contributed by atoms with Gasteiger partial charge in [-0.3, -0.25) is 4.99 Å². The molecule has 0 saturated carbocycles. The lowest BCUT2D eigenvalue weighted by molar-refractivity contribution is 0.415. The number of nitrogens with zero attached hydrogens (tertiary/aromatic N) is 2. The van der Waals surface area contributed by atoms with E-state index in [1.807, 2.05) is 13.1 Å². The molecule has 1 saturated heterocycles. The highest BCUT2D eigenvalue weighted by Crippen LogP contribution is 2.26. The van der Waals surface area contributed by atoms with Crippen molar-refractivity contribution in [2.24, 2.45) is 10.9 Å². The van der Waals surface area contributed by atoms with Gasteiger partial charge in [0.1, 0.15) is 5.75 Å². The molecule has 1 unspecified atom stereocenters. The number of nitrogens with one attached hydrogen (secondary N) is 2. The molecule has 1 aliphatic heterocycles. The fourth-order valence-corrected chi connectivity index (χ4v) is 3.26. The van der Waals surface area contributed by atoms with E-state index in [0.29, 0.717) is 5.92 Å². The monoisotopic (exact) mass is 346 g/mol. The standard InChI is InChI=1S/C20H34N4O/c1-4-5-6-7-12-22-20(21-2)23-15-17-11-13-24(16-17)18-9-8-10-19(14-18)25-3/h8-10,14,17H,4-7,11-13,15-16H2,1-3H3,(H2,21,22,23). The molecule has 0 amide bonds. The minimum Gasteiger partial charge on any atom is -0.497 e. The van der Waals surface area contributed by atoms with Crippen LogP contribution in [0.2, 0.25) is 0 Å². The average Bonchev–Trinajstić information content (AvgIpc) is 3.13. The van der Waals surface area contributed by atoms with Crippen LogP contribution in [0.4, 0.5) is 5.69 Å². The minimum absolute atomic E-state index is 0.643. The maximum atomic E-state index is 5.33. The smallest absolute Gasteiger partial charge is 0.190 e. The molecule has 1 aromatic rings. The summed E-state index contributed by atoms with van der Waals surface area (Å²) in [7, 11) is 3.56. The van der Waals surface area contributed by atoms with E-state index in [2.05, 4.69) is 45.6 Å². The van der Waals surface area contributed by atoms with Gasteiger partial charge in [0, 0.05) is 45.0 Å². The Morgan fingerprint density at radius 2 is 2.16 bits per heavy atom. The van der Waals surface area contributed by atoms with Crippen molar-refractivity contribution in [1.82, 2.24) is 10.6 Å². The fraction of sp³-hybridized carbons (Fsp3) is 0.650. The Morgan fingerprint density at radius 3 is 2.92 bits per heavy atom. The van der Waals surface area contributed by atoms with E-state index < -0.39 is 0 Å². The van der Waals surface area contributed by atoms with Gasteiger partial charge in [-0.2, -0.15) is 0 Å². The molecule has 0 aliphatic carbocycles. The first-order chi connectivity index (χ1) is 12.3. The van der Waals surface area contributed by atoms with Gasteiger partial charge in [0.25, 0.3) is 0 Å². The molecular formula is C20H34N4O. The zero-order chi connectivity index (χ0) is 17.9. The summed E-state index contributed by atoms with van der Waals surface area (Å²) in [6.07, 6.45) is 6.30. The lowest BCUT2D eigenvalue weighted by Crippen LogP contribution is -2.40. The zero-order valence-corrected chi connectivity index (χ0v) is 16.1. The number of aliphatic imine (C=N–C) groups is 1. The van der Waals surface area contributed by atoms with Gasteiger partial charge in [-0.1, -0.05) is 32.3 Å². The number of rotatable bonds is 9. The first-order valence-corrected chi connectivity index (χ1v) is 9.60. The number of ether oxygens (including phenoxy) is 1. The molecule has 2 rings (SSSR count). The Kier molecular flexibility index (Phi) is 8.43. The van der Waals surface area contributed by atoms with Crippen molar-refractivity contribution in [2.45, 2.75) is 39.0 Å². The van der Waals surface area contributed by atoms with Crippen LogP contribution in [0.1, 0.15) is 39.0 Å². The van der Waals surface area contributed by atoms with Crippen LogP contribution in [0.15, 0.2) is 29.3 Å². The van der Waals surface area contributed by atoms with E-state index in [9.17, 15) is 0 Å². The van der Waals surface area contributed by atoms with Crippen molar-refractivity contribution < 1.29 is 4.74 Å². The van der Waals surface area contributed by atoms with Gasteiger partial charge < -0.3 is 20.3 Å². The van der Waals surface area contributed by atoms with Gasteiger partial charge in [-0.15, -0.1) is 0 Å². The van der Waals surface area contributed by atoms with Gasteiger partial charge in [0.05, 0.1) is 7.11 Å². The van der Waals surface area contributed by atoms with Crippen LogP contribution in [0.3, 0.4) is 0 Å². The topological polar surface area (TPSA) is 48.9 Å². The lowest BCUT2D eigenvalue weighted by Gasteiger charge is -2.20. The predicted octanol–water partition coefficient (Wildman–Crippen LogP) is 3.27. The Hall–Kier alpha value is -1.91. The summed E-state index contributed by atoms with van der Waals surface area (Å²) in [5, 5.41) is 6.90. The summed E-state index contributed by atoms with van der Waals surface area (Å²) in [4.78, 5) is 6.77. The Balaban J connectivity index is 1.71. The molecule has 2 N–H and O–H groups in total. The number of hydrogen-bond acceptors (Lipinski definition) is 3. The number of benzene rings is 1. The molecule has 140 valence electrons. The van der Waals surface area contributed by atoms with E-state index in [4.69, 9.17) is 4.74 Å². The third-order valence-corrected chi connectivity index (χ3v) is 4.81. The highest BCUT2D eigenvalue weighted by Gasteiger charge is 2.23. The van der Waals surface area contributed by atoms with Gasteiger partial charge in [-0.05, 0) is 30.9 Å². The maximum Gasteiger partial charge on any atom is 0.190 e. The van der Waals surface area contributed by atoms with E-state index in [1.165, 1.54) is 37.8 Å². The normalized spacial score (nSPS) is 17.6. The largest absolute Gasteiger partial charge is 0.497 e. The van der Waals surface area contributed by atoms with Crippen molar-refractivity contribution in [3.63, 3.8) is 0 Å². The molecule has 0 radical (unpaired) electrons. The minimum atomic E-state index is 0.643. The van der Waals surface area contributed by atoms with Crippen LogP contribution in [0.5, 0.6) is 5.75 Å². The molecule has 1 atom stereocenters. The molecule has 0 bridgehead atoms. The van der Waals surface area contributed by atoms with Crippen LogP contribution in [0.25, 0.3) is 0 Å². The first-order valence-electron chi connectivity index (χ1n) is 9.60. The predicted molar refractivity (Wildman–Crippen MR) is 107 cm³/mol. The average molecular weight is 347 g/mol. The number of methoxy groups -OCH3 is 1. The molecule has 1 aliphatic rings.